The normalized spacial score (nSPS) is 11.7. The predicted molar refractivity (Wildman–Crippen MR) is 206 cm³/mol. The van der Waals surface area contributed by atoms with Crippen LogP contribution >= 0.6 is 0 Å². The van der Waals surface area contributed by atoms with Gasteiger partial charge in [0.15, 0.2) is 0 Å². The van der Waals surface area contributed by atoms with Crippen LogP contribution in [0, 0.1) is 0 Å². The minimum Gasteiger partial charge on any atom is -0.456 e. The number of aromatic nitrogens is 1. The van der Waals surface area contributed by atoms with Gasteiger partial charge in [0.1, 0.15) is 11.2 Å². The van der Waals surface area contributed by atoms with Gasteiger partial charge in [-0.2, -0.15) is 0 Å². The van der Waals surface area contributed by atoms with E-state index in [-0.39, 0.29) is 0 Å². The molecule has 0 saturated carbocycles. The number of anilines is 3. The van der Waals surface area contributed by atoms with E-state index in [1.54, 1.807) is 0 Å². The highest BCUT2D eigenvalue weighted by Gasteiger charge is 2.22. The smallest absolute Gasteiger partial charge is 0.138 e. The molecule has 0 fully saturated rings. The first-order chi connectivity index (χ1) is 24.3. The number of para-hydroxylation sites is 4. The number of nitrogens with zero attached hydrogens (tertiary/aromatic N) is 2. The van der Waals surface area contributed by atoms with E-state index in [1.807, 2.05) is 0 Å². The summed E-state index contributed by atoms with van der Waals surface area (Å²) in [6, 6.07) is 64.8. The van der Waals surface area contributed by atoms with Crippen LogP contribution in [0.4, 0.5) is 17.1 Å². The van der Waals surface area contributed by atoms with Crippen molar-refractivity contribution >= 4 is 71.6 Å². The molecule has 0 unspecified atom stereocenters. The zero-order valence-electron chi connectivity index (χ0n) is 26.6. The van der Waals surface area contributed by atoms with Crippen molar-refractivity contribution in [2.45, 2.75) is 0 Å². The first-order valence-electron chi connectivity index (χ1n) is 16.7. The van der Waals surface area contributed by atoms with Crippen LogP contribution in [0.2, 0.25) is 0 Å². The zero-order valence-corrected chi connectivity index (χ0v) is 26.6. The molecule has 0 spiro atoms. The van der Waals surface area contributed by atoms with Gasteiger partial charge in [-0.15, -0.1) is 0 Å². The maximum atomic E-state index is 6.78. The second-order valence-electron chi connectivity index (χ2n) is 12.6. The van der Waals surface area contributed by atoms with E-state index in [4.69, 9.17) is 4.42 Å². The van der Waals surface area contributed by atoms with Crippen LogP contribution in [-0.4, -0.2) is 4.57 Å². The summed E-state index contributed by atoms with van der Waals surface area (Å²) in [6.07, 6.45) is 0. The zero-order chi connectivity index (χ0) is 32.3. The maximum absolute atomic E-state index is 6.78. The van der Waals surface area contributed by atoms with Gasteiger partial charge in [-0.25, -0.2) is 0 Å². The SMILES string of the molecule is c1ccc(N(c2ccccc2)c2cc(-c3ccc4c5ccccc5n(-c5ccccc5)c4c3)c3c(c2)oc2ccc4ccccc4c23)cc1. The molecule has 0 atom stereocenters. The minimum absolute atomic E-state index is 0.861. The summed E-state index contributed by atoms with van der Waals surface area (Å²) >= 11 is 0. The highest BCUT2D eigenvalue weighted by atomic mass is 16.3. The predicted octanol–water partition coefficient (Wildman–Crippen LogP) is 13.0. The van der Waals surface area contributed by atoms with Crippen molar-refractivity contribution in [2.24, 2.45) is 0 Å². The average Bonchev–Trinajstić information content (AvgIpc) is 3.71. The highest BCUT2D eigenvalue weighted by molar-refractivity contribution is 6.24. The lowest BCUT2D eigenvalue weighted by molar-refractivity contribution is 0.669. The van der Waals surface area contributed by atoms with Crippen molar-refractivity contribution in [3.63, 3.8) is 0 Å². The quantitative estimate of drug-likeness (QED) is 0.190. The monoisotopic (exact) mass is 626 g/mol. The molecular formula is C46H30N2O. The summed E-state index contributed by atoms with van der Waals surface area (Å²) in [6.45, 7) is 0. The van der Waals surface area contributed by atoms with Crippen LogP contribution in [0.1, 0.15) is 0 Å². The fourth-order valence-corrected chi connectivity index (χ4v) is 7.60. The van der Waals surface area contributed by atoms with Gasteiger partial charge >= 0.3 is 0 Å². The molecule has 0 radical (unpaired) electrons. The summed E-state index contributed by atoms with van der Waals surface area (Å²) in [5.41, 5.74) is 10.7. The Labute approximate surface area is 283 Å². The van der Waals surface area contributed by atoms with E-state index in [2.05, 4.69) is 191 Å². The Morgan fingerprint density at radius 1 is 0.408 bits per heavy atom. The van der Waals surface area contributed by atoms with Crippen LogP contribution < -0.4 is 4.90 Å². The van der Waals surface area contributed by atoms with Gasteiger partial charge in [-0.1, -0.05) is 115 Å². The second kappa shape index (κ2) is 11.0. The molecule has 8 aromatic carbocycles. The van der Waals surface area contributed by atoms with Crippen molar-refractivity contribution in [3.05, 3.63) is 182 Å². The summed E-state index contributed by atoms with van der Waals surface area (Å²) in [7, 11) is 0. The first-order valence-corrected chi connectivity index (χ1v) is 16.7. The molecule has 230 valence electrons. The molecule has 0 aliphatic heterocycles. The molecule has 10 rings (SSSR count). The first kappa shape index (κ1) is 27.5. The van der Waals surface area contributed by atoms with Gasteiger partial charge in [0.2, 0.25) is 0 Å². The van der Waals surface area contributed by atoms with Crippen molar-refractivity contribution in [3.8, 4) is 16.8 Å². The summed E-state index contributed by atoms with van der Waals surface area (Å²) < 4.78 is 9.17. The Bertz CT molecular complexity index is 2770. The average molecular weight is 627 g/mol. The van der Waals surface area contributed by atoms with Crippen molar-refractivity contribution in [1.82, 2.24) is 4.57 Å². The van der Waals surface area contributed by atoms with E-state index in [1.165, 1.54) is 32.6 Å². The summed E-state index contributed by atoms with van der Waals surface area (Å²) in [5, 5.41) is 7.12. The third-order valence-electron chi connectivity index (χ3n) is 9.73. The molecule has 49 heavy (non-hydrogen) atoms. The fourth-order valence-electron chi connectivity index (χ4n) is 7.60. The molecule has 0 bridgehead atoms. The Hall–Kier alpha value is -6.58. The van der Waals surface area contributed by atoms with Crippen molar-refractivity contribution < 1.29 is 4.42 Å². The molecular weight excluding hydrogens is 597 g/mol. The molecule has 0 aliphatic rings. The van der Waals surface area contributed by atoms with Gasteiger partial charge in [-0.3, -0.25) is 0 Å². The second-order valence-corrected chi connectivity index (χ2v) is 12.6. The molecule has 2 heterocycles. The van der Waals surface area contributed by atoms with E-state index in [9.17, 15) is 0 Å². The topological polar surface area (TPSA) is 21.3 Å². The van der Waals surface area contributed by atoms with Crippen molar-refractivity contribution in [1.29, 1.82) is 0 Å². The van der Waals surface area contributed by atoms with Crippen LogP contribution in [0.15, 0.2) is 186 Å². The third kappa shape index (κ3) is 4.37. The third-order valence-corrected chi connectivity index (χ3v) is 9.73. The van der Waals surface area contributed by atoms with Gasteiger partial charge in [0, 0.05) is 44.7 Å². The van der Waals surface area contributed by atoms with E-state index in [0.717, 1.165) is 55.8 Å². The number of fused-ring (bicyclic) bond motifs is 8. The van der Waals surface area contributed by atoms with Crippen LogP contribution in [0.3, 0.4) is 0 Å². The van der Waals surface area contributed by atoms with Crippen LogP contribution in [-0.2, 0) is 0 Å². The number of benzene rings is 8. The summed E-state index contributed by atoms with van der Waals surface area (Å²) in [5.74, 6) is 0. The number of hydrogen-bond acceptors (Lipinski definition) is 2. The number of rotatable bonds is 5. The lowest BCUT2D eigenvalue weighted by Crippen LogP contribution is -2.09. The standard InChI is InChI=1S/C46H30N2O/c1-4-15-33(16-5-1)47(34-17-6-2-7-18-34)36-29-40(46-44(30-36)49-43-27-25-31-14-10-11-21-37(31)45(43)46)32-24-26-39-38-22-12-13-23-41(38)48(42(39)28-32)35-19-8-3-9-20-35/h1-30H. The molecule has 3 nitrogen and oxygen atoms in total. The van der Waals surface area contributed by atoms with Gasteiger partial charge in [0.05, 0.1) is 16.7 Å². The highest BCUT2D eigenvalue weighted by Crippen LogP contribution is 2.46. The van der Waals surface area contributed by atoms with Crippen LogP contribution in [0.25, 0.3) is 71.3 Å². The lowest BCUT2D eigenvalue weighted by Gasteiger charge is -2.26. The van der Waals surface area contributed by atoms with E-state index in [0.29, 0.717) is 0 Å². The molecule has 10 aromatic rings. The lowest BCUT2D eigenvalue weighted by atomic mass is 9.95. The molecule has 0 amide bonds. The van der Waals surface area contributed by atoms with Gasteiger partial charge in [0.25, 0.3) is 0 Å². The maximum Gasteiger partial charge on any atom is 0.138 e. The molecule has 0 saturated heterocycles. The van der Waals surface area contributed by atoms with Crippen molar-refractivity contribution in [2.75, 3.05) is 4.90 Å². The van der Waals surface area contributed by atoms with Crippen LogP contribution in [0.5, 0.6) is 0 Å². The molecule has 3 heteroatoms. The van der Waals surface area contributed by atoms with E-state index < -0.39 is 0 Å². The summed E-state index contributed by atoms with van der Waals surface area (Å²) in [4.78, 5) is 2.31. The largest absolute Gasteiger partial charge is 0.456 e. The minimum atomic E-state index is 0.861. The van der Waals surface area contributed by atoms with Gasteiger partial charge in [-0.05, 0) is 82.6 Å². The Balaban J connectivity index is 1.32. The van der Waals surface area contributed by atoms with E-state index >= 15 is 0 Å². The Morgan fingerprint density at radius 3 is 1.80 bits per heavy atom. The Kier molecular flexibility index (Phi) is 6.18. The molecule has 0 aliphatic carbocycles. The van der Waals surface area contributed by atoms with Gasteiger partial charge < -0.3 is 13.9 Å². The Morgan fingerprint density at radius 2 is 1.04 bits per heavy atom. The number of furan rings is 1. The number of hydrogen-bond donors (Lipinski definition) is 0. The molecule has 2 aromatic heterocycles. The molecule has 0 N–H and O–H groups in total. The fraction of sp³-hybridized carbons (Fsp3) is 0.